The predicted octanol–water partition coefficient (Wildman–Crippen LogP) is 2.71. The predicted molar refractivity (Wildman–Crippen MR) is 63.2 cm³/mol. The molecule has 0 unspecified atom stereocenters. The summed E-state index contributed by atoms with van der Waals surface area (Å²) in [5.41, 5.74) is 9.48. The van der Waals surface area contributed by atoms with Crippen molar-refractivity contribution >= 4 is 26.8 Å². The summed E-state index contributed by atoms with van der Waals surface area (Å²) in [6.45, 7) is 2.70. The van der Waals surface area contributed by atoms with Crippen LogP contribution in [-0.2, 0) is 13.6 Å². The molecular formula is C11H13BrN2. The molecule has 0 bridgehead atoms. The zero-order valence-corrected chi connectivity index (χ0v) is 9.93. The van der Waals surface area contributed by atoms with Gasteiger partial charge in [0, 0.05) is 34.7 Å². The van der Waals surface area contributed by atoms with Gasteiger partial charge >= 0.3 is 0 Å². The van der Waals surface area contributed by atoms with Crippen molar-refractivity contribution in [1.82, 2.24) is 4.57 Å². The normalized spacial score (nSPS) is 11.1. The van der Waals surface area contributed by atoms with E-state index in [0.717, 1.165) is 4.47 Å². The molecule has 0 aliphatic rings. The van der Waals surface area contributed by atoms with Crippen LogP contribution in [0.5, 0.6) is 0 Å². The summed E-state index contributed by atoms with van der Waals surface area (Å²) in [5, 5.41) is 1.25. The molecule has 0 saturated heterocycles. The fourth-order valence-electron chi connectivity index (χ4n) is 1.88. The monoisotopic (exact) mass is 252 g/mol. The van der Waals surface area contributed by atoms with Crippen molar-refractivity contribution in [3.8, 4) is 0 Å². The first-order valence-corrected chi connectivity index (χ1v) is 5.38. The van der Waals surface area contributed by atoms with Crippen molar-refractivity contribution in [2.24, 2.45) is 12.8 Å². The maximum absolute atomic E-state index is 5.75. The Morgan fingerprint density at radius 3 is 2.79 bits per heavy atom. The van der Waals surface area contributed by atoms with Crippen LogP contribution < -0.4 is 5.73 Å². The van der Waals surface area contributed by atoms with Gasteiger partial charge in [-0.15, -0.1) is 0 Å². The lowest BCUT2D eigenvalue weighted by atomic mass is 10.1. The third-order valence-electron chi connectivity index (χ3n) is 2.79. The third-order valence-corrected chi connectivity index (χ3v) is 3.28. The van der Waals surface area contributed by atoms with E-state index < -0.39 is 0 Å². The van der Waals surface area contributed by atoms with E-state index in [1.165, 1.54) is 22.2 Å². The quantitative estimate of drug-likeness (QED) is 0.832. The van der Waals surface area contributed by atoms with E-state index in [4.69, 9.17) is 5.73 Å². The standard InChI is InChI=1S/C11H13BrN2/c1-7-10(6-13)9-5-8(12)3-4-11(9)14(7)2/h3-5H,6,13H2,1-2H3. The molecule has 2 N–H and O–H groups in total. The van der Waals surface area contributed by atoms with E-state index in [1.807, 2.05) is 0 Å². The molecule has 0 radical (unpaired) electrons. The Hall–Kier alpha value is -0.800. The number of benzene rings is 1. The number of aromatic nitrogens is 1. The Kier molecular flexibility index (Phi) is 2.37. The highest BCUT2D eigenvalue weighted by atomic mass is 79.9. The smallest absolute Gasteiger partial charge is 0.0483 e. The lowest BCUT2D eigenvalue weighted by Crippen LogP contribution is -1.98. The molecule has 0 spiro atoms. The van der Waals surface area contributed by atoms with E-state index in [0.29, 0.717) is 6.54 Å². The van der Waals surface area contributed by atoms with E-state index in [-0.39, 0.29) is 0 Å². The summed E-state index contributed by atoms with van der Waals surface area (Å²) >= 11 is 3.48. The highest BCUT2D eigenvalue weighted by Gasteiger charge is 2.09. The van der Waals surface area contributed by atoms with Gasteiger partial charge in [-0.3, -0.25) is 0 Å². The minimum Gasteiger partial charge on any atom is -0.348 e. The molecule has 0 amide bonds. The van der Waals surface area contributed by atoms with Crippen molar-refractivity contribution in [1.29, 1.82) is 0 Å². The van der Waals surface area contributed by atoms with Gasteiger partial charge in [0.05, 0.1) is 0 Å². The molecule has 0 aliphatic heterocycles. The molecular weight excluding hydrogens is 240 g/mol. The fourth-order valence-corrected chi connectivity index (χ4v) is 2.24. The molecule has 1 aromatic carbocycles. The van der Waals surface area contributed by atoms with Gasteiger partial charge in [-0.25, -0.2) is 0 Å². The fraction of sp³-hybridized carbons (Fsp3) is 0.273. The summed E-state index contributed by atoms with van der Waals surface area (Å²) in [6, 6.07) is 6.30. The van der Waals surface area contributed by atoms with Gasteiger partial charge in [0.2, 0.25) is 0 Å². The maximum Gasteiger partial charge on any atom is 0.0483 e. The molecule has 0 atom stereocenters. The molecule has 0 aliphatic carbocycles. The zero-order chi connectivity index (χ0) is 10.3. The highest BCUT2D eigenvalue weighted by molar-refractivity contribution is 9.10. The Bertz CT molecular complexity index is 485. The van der Waals surface area contributed by atoms with Crippen LogP contribution in [0, 0.1) is 6.92 Å². The average Bonchev–Trinajstić information content (AvgIpc) is 2.39. The number of nitrogens with two attached hydrogens (primary N) is 1. The molecule has 0 fully saturated rings. The minimum absolute atomic E-state index is 0.597. The van der Waals surface area contributed by atoms with Crippen LogP contribution in [0.25, 0.3) is 10.9 Å². The average molecular weight is 253 g/mol. The van der Waals surface area contributed by atoms with Crippen molar-refractivity contribution in [2.75, 3.05) is 0 Å². The SMILES string of the molecule is Cc1c(CN)c2cc(Br)ccc2n1C. The van der Waals surface area contributed by atoms with Crippen molar-refractivity contribution in [2.45, 2.75) is 13.5 Å². The van der Waals surface area contributed by atoms with Gasteiger partial charge in [-0.2, -0.15) is 0 Å². The summed E-state index contributed by atoms with van der Waals surface area (Å²) in [5.74, 6) is 0. The van der Waals surface area contributed by atoms with Crippen LogP contribution in [0.3, 0.4) is 0 Å². The number of nitrogens with zero attached hydrogens (tertiary/aromatic N) is 1. The summed E-state index contributed by atoms with van der Waals surface area (Å²) < 4.78 is 3.29. The Balaban J connectivity index is 2.89. The molecule has 2 nitrogen and oxygen atoms in total. The van der Waals surface area contributed by atoms with Gasteiger partial charge in [0.15, 0.2) is 0 Å². The minimum atomic E-state index is 0.597. The second-order valence-corrected chi connectivity index (χ2v) is 4.40. The number of hydrogen-bond acceptors (Lipinski definition) is 1. The second kappa shape index (κ2) is 3.41. The summed E-state index contributed by atoms with van der Waals surface area (Å²) in [6.07, 6.45) is 0. The van der Waals surface area contributed by atoms with Crippen LogP contribution in [0.2, 0.25) is 0 Å². The Labute approximate surface area is 91.8 Å². The van der Waals surface area contributed by atoms with Gasteiger partial charge in [0.25, 0.3) is 0 Å². The van der Waals surface area contributed by atoms with Gasteiger partial charge in [0.1, 0.15) is 0 Å². The van der Waals surface area contributed by atoms with Crippen LogP contribution in [0.4, 0.5) is 0 Å². The number of aryl methyl sites for hydroxylation is 1. The lowest BCUT2D eigenvalue weighted by molar-refractivity contribution is 0.894. The summed E-state index contributed by atoms with van der Waals surface area (Å²) in [4.78, 5) is 0. The van der Waals surface area contributed by atoms with Crippen molar-refractivity contribution < 1.29 is 0 Å². The largest absolute Gasteiger partial charge is 0.348 e. The first-order chi connectivity index (χ1) is 6.65. The molecule has 74 valence electrons. The Morgan fingerprint density at radius 2 is 2.14 bits per heavy atom. The van der Waals surface area contributed by atoms with E-state index in [1.54, 1.807) is 0 Å². The molecule has 2 rings (SSSR count). The van der Waals surface area contributed by atoms with Gasteiger partial charge in [-0.1, -0.05) is 15.9 Å². The van der Waals surface area contributed by atoms with Gasteiger partial charge < -0.3 is 10.3 Å². The first kappa shape index (κ1) is 9.74. The van der Waals surface area contributed by atoms with Crippen LogP contribution in [0.15, 0.2) is 22.7 Å². The number of halogens is 1. The topological polar surface area (TPSA) is 30.9 Å². The molecule has 14 heavy (non-hydrogen) atoms. The molecule has 0 saturated carbocycles. The third kappa shape index (κ3) is 1.28. The van der Waals surface area contributed by atoms with E-state index in [9.17, 15) is 0 Å². The number of rotatable bonds is 1. The molecule has 1 heterocycles. The van der Waals surface area contributed by atoms with Crippen molar-refractivity contribution in [3.05, 3.63) is 33.9 Å². The van der Waals surface area contributed by atoms with Gasteiger partial charge in [-0.05, 0) is 30.7 Å². The van der Waals surface area contributed by atoms with Crippen molar-refractivity contribution in [3.63, 3.8) is 0 Å². The Morgan fingerprint density at radius 1 is 1.43 bits per heavy atom. The van der Waals surface area contributed by atoms with Crippen LogP contribution in [-0.4, -0.2) is 4.57 Å². The second-order valence-electron chi connectivity index (χ2n) is 3.49. The van der Waals surface area contributed by atoms with E-state index in [2.05, 4.69) is 52.7 Å². The highest BCUT2D eigenvalue weighted by Crippen LogP contribution is 2.27. The summed E-state index contributed by atoms with van der Waals surface area (Å²) in [7, 11) is 2.07. The molecule has 3 heteroatoms. The maximum atomic E-state index is 5.75. The number of hydrogen-bond donors (Lipinski definition) is 1. The molecule has 2 aromatic rings. The lowest BCUT2D eigenvalue weighted by Gasteiger charge is -1.98. The van der Waals surface area contributed by atoms with E-state index >= 15 is 0 Å². The van der Waals surface area contributed by atoms with Crippen LogP contribution in [0.1, 0.15) is 11.3 Å². The number of fused-ring (bicyclic) bond motifs is 1. The first-order valence-electron chi connectivity index (χ1n) is 4.58. The molecule has 1 aromatic heterocycles. The zero-order valence-electron chi connectivity index (χ0n) is 8.34. The van der Waals surface area contributed by atoms with Crippen LogP contribution >= 0.6 is 15.9 Å².